The predicted molar refractivity (Wildman–Crippen MR) is 48.7 cm³/mol. The van der Waals surface area contributed by atoms with Gasteiger partial charge in [0.1, 0.15) is 5.92 Å². The van der Waals surface area contributed by atoms with Gasteiger partial charge in [0.2, 0.25) is 11.8 Å². The molecule has 0 bridgehead atoms. The van der Waals surface area contributed by atoms with Crippen LogP contribution in [0.3, 0.4) is 0 Å². The molecule has 1 fully saturated rings. The molecule has 1 heterocycles. The van der Waals surface area contributed by atoms with E-state index in [1.165, 1.54) is 0 Å². The van der Waals surface area contributed by atoms with Crippen LogP contribution in [0.2, 0.25) is 0 Å². The van der Waals surface area contributed by atoms with Gasteiger partial charge in [0.05, 0.1) is 0 Å². The Labute approximate surface area is 77.9 Å². The van der Waals surface area contributed by atoms with Crippen LogP contribution >= 0.6 is 0 Å². The second-order valence-electron chi connectivity index (χ2n) is 4.62. The summed E-state index contributed by atoms with van der Waals surface area (Å²) in [6.07, 6.45) is 0.525. The molecule has 0 aliphatic carbocycles. The standard InChI is InChI=1S/C9H16N2O2/c1-9(2,3)6-4-5(7(10)12)8(13)11-6/h5-6H,4H2,1-3H3,(H2,10,12)(H,11,13). The summed E-state index contributed by atoms with van der Waals surface area (Å²) in [4.78, 5) is 22.1. The summed E-state index contributed by atoms with van der Waals surface area (Å²) in [7, 11) is 0. The highest BCUT2D eigenvalue weighted by Crippen LogP contribution is 2.29. The van der Waals surface area contributed by atoms with Gasteiger partial charge in [0.15, 0.2) is 0 Å². The zero-order valence-corrected chi connectivity index (χ0v) is 8.26. The third-order valence-electron chi connectivity index (χ3n) is 2.49. The van der Waals surface area contributed by atoms with Crippen LogP contribution in [0.5, 0.6) is 0 Å². The molecule has 2 atom stereocenters. The van der Waals surface area contributed by atoms with E-state index in [0.717, 1.165) is 0 Å². The Hall–Kier alpha value is -1.06. The molecule has 0 radical (unpaired) electrons. The molecule has 1 saturated heterocycles. The summed E-state index contributed by atoms with van der Waals surface area (Å²) < 4.78 is 0. The van der Waals surface area contributed by atoms with Crippen molar-refractivity contribution in [1.82, 2.24) is 5.32 Å². The number of amides is 2. The van der Waals surface area contributed by atoms with E-state index in [1.807, 2.05) is 20.8 Å². The Morgan fingerprint density at radius 2 is 2.08 bits per heavy atom. The first-order valence-corrected chi connectivity index (χ1v) is 4.42. The lowest BCUT2D eigenvalue weighted by Gasteiger charge is -2.26. The van der Waals surface area contributed by atoms with Gasteiger partial charge < -0.3 is 11.1 Å². The van der Waals surface area contributed by atoms with E-state index >= 15 is 0 Å². The molecule has 4 heteroatoms. The van der Waals surface area contributed by atoms with Gasteiger partial charge in [-0.15, -0.1) is 0 Å². The highest BCUT2D eigenvalue weighted by Gasteiger charge is 2.40. The molecule has 2 amide bonds. The topological polar surface area (TPSA) is 72.2 Å². The van der Waals surface area contributed by atoms with E-state index in [0.29, 0.717) is 6.42 Å². The van der Waals surface area contributed by atoms with Crippen LogP contribution in [0.4, 0.5) is 0 Å². The highest BCUT2D eigenvalue weighted by molar-refractivity contribution is 6.01. The summed E-state index contributed by atoms with van der Waals surface area (Å²) in [6.45, 7) is 6.09. The minimum Gasteiger partial charge on any atom is -0.369 e. The Balaban J connectivity index is 2.71. The van der Waals surface area contributed by atoms with Crippen LogP contribution in [0, 0.1) is 11.3 Å². The van der Waals surface area contributed by atoms with E-state index < -0.39 is 11.8 Å². The number of primary amides is 1. The van der Waals surface area contributed by atoms with Gasteiger partial charge in [-0.3, -0.25) is 9.59 Å². The maximum atomic E-state index is 11.3. The lowest BCUT2D eigenvalue weighted by Crippen LogP contribution is -2.37. The molecule has 3 N–H and O–H groups in total. The molecule has 0 saturated carbocycles. The van der Waals surface area contributed by atoms with E-state index in [-0.39, 0.29) is 17.4 Å². The summed E-state index contributed by atoms with van der Waals surface area (Å²) in [6, 6.07) is 0.0532. The predicted octanol–water partition coefficient (Wildman–Crippen LogP) is 0.0225. The van der Waals surface area contributed by atoms with Gasteiger partial charge in [-0.1, -0.05) is 20.8 Å². The molecule has 0 aromatic carbocycles. The average Bonchev–Trinajstić information content (AvgIpc) is 2.29. The zero-order valence-electron chi connectivity index (χ0n) is 8.26. The first kappa shape index (κ1) is 10.0. The van der Waals surface area contributed by atoms with Crippen molar-refractivity contribution >= 4 is 11.8 Å². The van der Waals surface area contributed by atoms with Gasteiger partial charge in [-0.2, -0.15) is 0 Å². The quantitative estimate of drug-likeness (QED) is 0.564. The van der Waals surface area contributed by atoms with E-state index in [1.54, 1.807) is 0 Å². The van der Waals surface area contributed by atoms with E-state index in [4.69, 9.17) is 5.73 Å². The molecule has 1 aliphatic rings. The largest absolute Gasteiger partial charge is 0.369 e. The van der Waals surface area contributed by atoms with Crippen LogP contribution in [-0.4, -0.2) is 17.9 Å². The Bertz CT molecular complexity index is 242. The monoisotopic (exact) mass is 184 g/mol. The fraction of sp³-hybridized carbons (Fsp3) is 0.778. The summed E-state index contributed by atoms with van der Waals surface area (Å²) in [5.41, 5.74) is 5.08. The molecule has 4 nitrogen and oxygen atoms in total. The van der Waals surface area contributed by atoms with Gasteiger partial charge in [0, 0.05) is 6.04 Å². The van der Waals surface area contributed by atoms with Crippen LogP contribution in [0.15, 0.2) is 0 Å². The van der Waals surface area contributed by atoms with Crippen LogP contribution < -0.4 is 11.1 Å². The summed E-state index contributed by atoms with van der Waals surface area (Å²) in [5.74, 6) is -1.39. The van der Waals surface area contributed by atoms with E-state index in [2.05, 4.69) is 5.32 Å². The molecule has 2 unspecified atom stereocenters. The summed E-state index contributed by atoms with van der Waals surface area (Å²) >= 11 is 0. The number of hydrogen-bond acceptors (Lipinski definition) is 2. The molecule has 0 aromatic heterocycles. The number of hydrogen-bond donors (Lipinski definition) is 2. The van der Waals surface area contributed by atoms with Crippen LogP contribution in [0.25, 0.3) is 0 Å². The highest BCUT2D eigenvalue weighted by atomic mass is 16.2. The van der Waals surface area contributed by atoms with E-state index in [9.17, 15) is 9.59 Å². The van der Waals surface area contributed by atoms with Crippen molar-refractivity contribution in [3.05, 3.63) is 0 Å². The average molecular weight is 184 g/mol. The van der Waals surface area contributed by atoms with Crippen molar-refractivity contribution in [2.45, 2.75) is 33.2 Å². The Kier molecular flexibility index (Phi) is 2.32. The van der Waals surface area contributed by atoms with Crippen molar-refractivity contribution in [1.29, 1.82) is 0 Å². The van der Waals surface area contributed by atoms with Crippen LogP contribution in [0.1, 0.15) is 27.2 Å². The molecule has 1 aliphatic heterocycles. The third-order valence-corrected chi connectivity index (χ3v) is 2.49. The van der Waals surface area contributed by atoms with Crippen molar-refractivity contribution in [2.24, 2.45) is 17.1 Å². The number of carbonyl (C=O) groups is 2. The van der Waals surface area contributed by atoms with Gasteiger partial charge in [0.25, 0.3) is 0 Å². The maximum absolute atomic E-state index is 11.3. The molecular formula is C9H16N2O2. The van der Waals surface area contributed by atoms with Crippen LogP contribution in [-0.2, 0) is 9.59 Å². The molecular weight excluding hydrogens is 168 g/mol. The maximum Gasteiger partial charge on any atom is 0.232 e. The minimum atomic E-state index is -0.635. The lowest BCUT2D eigenvalue weighted by molar-refractivity contribution is -0.131. The van der Waals surface area contributed by atoms with Crippen molar-refractivity contribution in [3.8, 4) is 0 Å². The normalized spacial score (nSPS) is 28.7. The second kappa shape index (κ2) is 3.01. The first-order chi connectivity index (χ1) is 5.82. The fourth-order valence-corrected chi connectivity index (χ4v) is 1.49. The number of rotatable bonds is 1. The molecule has 1 rings (SSSR count). The number of carbonyl (C=O) groups excluding carboxylic acids is 2. The third kappa shape index (κ3) is 1.99. The van der Waals surface area contributed by atoms with Crippen molar-refractivity contribution in [2.75, 3.05) is 0 Å². The smallest absolute Gasteiger partial charge is 0.232 e. The van der Waals surface area contributed by atoms with Gasteiger partial charge in [-0.05, 0) is 11.8 Å². The molecule has 74 valence electrons. The fourth-order valence-electron chi connectivity index (χ4n) is 1.49. The number of nitrogens with one attached hydrogen (secondary N) is 1. The lowest BCUT2D eigenvalue weighted by atomic mass is 9.84. The SMILES string of the molecule is CC(C)(C)C1CC(C(N)=O)C(=O)N1. The molecule has 13 heavy (non-hydrogen) atoms. The zero-order chi connectivity index (χ0) is 10.2. The summed E-state index contributed by atoms with van der Waals surface area (Å²) in [5, 5.41) is 2.79. The van der Waals surface area contributed by atoms with Crippen molar-refractivity contribution in [3.63, 3.8) is 0 Å². The second-order valence-corrected chi connectivity index (χ2v) is 4.62. The van der Waals surface area contributed by atoms with Gasteiger partial charge >= 0.3 is 0 Å². The molecule has 0 aromatic rings. The number of nitrogens with two attached hydrogens (primary N) is 1. The Morgan fingerprint density at radius 1 is 1.54 bits per heavy atom. The Morgan fingerprint density at radius 3 is 2.31 bits per heavy atom. The van der Waals surface area contributed by atoms with Crippen molar-refractivity contribution < 1.29 is 9.59 Å². The van der Waals surface area contributed by atoms with Gasteiger partial charge in [-0.25, -0.2) is 0 Å². The minimum absolute atomic E-state index is 0.0140. The molecule has 0 spiro atoms. The first-order valence-electron chi connectivity index (χ1n) is 4.42.